The van der Waals surface area contributed by atoms with E-state index in [1.165, 1.54) is 28.3 Å². The monoisotopic (exact) mass is 488 g/mol. The van der Waals surface area contributed by atoms with E-state index in [4.69, 9.17) is 9.47 Å². The first-order valence-corrected chi connectivity index (χ1v) is 9.25. The summed E-state index contributed by atoms with van der Waals surface area (Å²) in [6.07, 6.45) is 0. The van der Waals surface area contributed by atoms with Gasteiger partial charge in [-0.2, -0.15) is 0 Å². The van der Waals surface area contributed by atoms with E-state index in [2.05, 4.69) is 20.7 Å². The summed E-state index contributed by atoms with van der Waals surface area (Å²) in [5, 5.41) is 39.1. The zero-order valence-corrected chi connectivity index (χ0v) is 24.0. The van der Waals surface area contributed by atoms with Gasteiger partial charge in [0, 0.05) is 14.1 Å². The standard InChI is InChI=1S/C20H24N6O6.2Na/c1-25(11-19(27)28)23-21-15-7-5-13(9-17(15)31-3)14-6-8-16(18(10-14)32-4)22-24-26(2)12-20(29)30;;/h5-10H,11-12H2,1-4H3,(H,27,28)(H,29,30);;/q;2*+1/p-2. The normalized spacial score (nSPS) is 10.4. The van der Waals surface area contributed by atoms with Crippen LogP contribution in [0.15, 0.2) is 57.1 Å². The van der Waals surface area contributed by atoms with Crippen molar-refractivity contribution < 1.29 is 88.4 Å². The number of methoxy groups -OCH3 is 2. The second-order valence-electron chi connectivity index (χ2n) is 6.53. The molecule has 0 radical (unpaired) electrons. The molecule has 0 fully saturated rings. The van der Waals surface area contributed by atoms with Crippen LogP contribution in [0, 0.1) is 0 Å². The van der Waals surface area contributed by atoms with Crippen LogP contribution in [0.1, 0.15) is 0 Å². The minimum atomic E-state index is -1.27. The topological polar surface area (TPSA) is 155 Å². The van der Waals surface area contributed by atoms with E-state index in [0.717, 1.165) is 21.1 Å². The Morgan fingerprint density at radius 1 is 0.765 bits per heavy atom. The van der Waals surface area contributed by atoms with Gasteiger partial charge in [0.1, 0.15) is 22.9 Å². The summed E-state index contributed by atoms with van der Waals surface area (Å²) < 4.78 is 10.7. The van der Waals surface area contributed by atoms with Crippen LogP contribution in [-0.4, -0.2) is 63.4 Å². The second-order valence-corrected chi connectivity index (χ2v) is 6.53. The SMILES string of the molecule is COc1cc(-c2ccc(N=NN(C)CC(=O)[O-])c(OC)c2)ccc1N=NN(C)CC(=O)[O-].[Na+].[Na+]. The Morgan fingerprint density at radius 3 is 1.41 bits per heavy atom. The maximum atomic E-state index is 10.6. The van der Waals surface area contributed by atoms with Crippen molar-refractivity contribution in [3.05, 3.63) is 36.4 Å². The van der Waals surface area contributed by atoms with E-state index in [0.29, 0.717) is 22.9 Å². The number of carboxylic acid groups (broad SMARTS) is 2. The number of benzene rings is 2. The molecular weight excluding hydrogens is 466 g/mol. The van der Waals surface area contributed by atoms with Crippen LogP contribution < -0.4 is 78.8 Å². The van der Waals surface area contributed by atoms with Crippen LogP contribution in [0.4, 0.5) is 11.4 Å². The third kappa shape index (κ3) is 9.95. The van der Waals surface area contributed by atoms with E-state index in [1.807, 2.05) is 0 Å². The van der Waals surface area contributed by atoms with Crippen molar-refractivity contribution in [1.29, 1.82) is 0 Å². The number of hydrogen-bond donors (Lipinski definition) is 0. The first kappa shape index (κ1) is 31.8. The van der Waals surface area contributed by atoms with Crippen molar-refractivity contribution in [2.75, 3.05) is 41.4 Å². The molecule has 170 valence electrons. The Kier molecular flexibility index (Phi) is 14.6. The van der Waals surface area contributed by atoms with E-state index in [1.54, 1.807) is 36.4 Å². The molecular formula is C20H22N6Na2O6. The van der Waals surface area contributed by atoms with Gasteiger partial charge in [-0.25, -0.2) is 0 Å². The Hall–Kier alpha value is -2.22. The summed E-state index contributed by atoms with van der Waals surface area (Å²) in [6, 6.07) is 10.4. The van der Waals surface area contributed by atoms with Gasteiger partial charge in [-0.15, -0.1) is 10.2 Å². The van der Waals surface area contributed by atoms with Crippen LogP contribution >= 0.6 is 0 Å². The van der Waals surface area contributed by atoms with Gasteiger partial charge >= 0.3 is 59.1 Å². The molecule has 0 unspecified atom stereocenters. The summed E-state index contributed by atoms with van der Waals surface area (Å²) in [7, 11) is 5.88. The van der Waals surface area contributed by atoms with Crippen molar-refractivity contribution in [3.8, 4) is 22.6 Å². The number of rotatable bonds is 11. The first-order chi connectivity index (χ1) is 15.2. The first-order valence-electron chi connectivity index (χ1n) is 9.25. The zero-order chi connectivity index (χ0) is 23.7. The number of likely N-dealkylation sites (N-methyl/N-ethyl adjacent to an activating group) is 2. The number of carbonyl (C=O) groups excluding carboxylic acids is 2. The number of ether oxygens (including phenoxy) is 2. The fraction of sp³-hybridized carbons (Fsp3) is 0.300. The van der Waals surface area contributed by atoms with E-state index in [-0.39, 0.29) is 59.1 Å². The fourth-order valence-corrected chi connectivity index (χ4v) is 2.57. The van der Waals surface area contributed by atoms with Crippen LogP contribution in [0.3, 0.4) is 0 Å². The number of hydrogen-bond acceptors (Lipinski definition) is 10. The molecule has 34 heavy (non-hydrogen) atoms. The second kappa shape index (κ2) is 15.6. The largest absolute Gasteiger partial charge is 1.00 e. The molecule has 2 aromatic rings. The average Bonchev–Trinajstić information content (AvgIpc) is 2.75. The quantitative estimate of drug-likeness (QED) is 0.173. The Labute approximate surface area is 241 Å². The van der Waals surface area contributed by atoms with Gasteiger partial charge in [0.15, 0.2) is 0 Å². The van der Waals surface area contributed by atoms with E-state index < -0.39 is 25.0 Å². The summed E-state index contributed by atoms with van der Waals surface area (Å²) in [5.41, 5.74) is 2.41. The van der Waals surface area contributed by atoms with Crippen molar-refractivity contribution in [2.24, 2.45) is 20.7 Å². The molecule has 2 rings (SSSR count). The predicted molar refractivity (Wildman–Crippen MR) is 109 cm³/mol. The summed E-state index contributed by atoms with van der Waals surface area (Å²) in [4.78, 5) is 21.2. The molecule has 0 saturated heterocycles. The van der Waals surface area contributed by atoms with Gasteiger partial charge in [0.2, 0.25) is 0 Å². The Balaban J connectivity index is 0.00000544. The number of carboxylic acids is 2. The van der Waals surface area contributed by atoms with Crippen LogP contribution in [0.25, 0.3) is 11.1 Å². The molecule has 0 heterocycles. The Morgan fingerprint density at radius 2 is 1.12 bits per heavy atom. The number of aliphatic carboxylic acids is 2. The number of carbonyl (C=O) groups is 2. The molecule has 14 heteroatoms. The van der Waals surface area contributed by atoms with Gasteiger partial charge in [-0.3, -0.25) is 10.0 Å². The van der Waals surface area contributed by atoms with E-state index in [9.17, 15) is 19.8 Å². The molecule has 0 spiro atoms. The molecule has 0 aliphatic carbocycles. The predicted octanol–water partition coefficient (Wildman–Crippen LogP) is -5.26. The van der Waals surface area contributed by atoms with Crippen LogP contribution in [0.5, 0.6) is 11.5 Å². The molecule has 12 nitrogen and oxygen atoms in total. The van der Waals surface area contributed by atoms with Crippen LogP contribution in [0.2, 0.25) is 0 Å². The molecule has 0 bridgehead atoms. The third-order valence-electron chi connectivity index (χ3n) is 4.02. The molecule has 0 atom stereocenters. The molecule has 2 aromatic carbocycles. The van der Waals surface area contributed by atoms with Gasteiger partial charge in [-0.1, -0.05) is 22.6 Å². The van der Waals surface area contributed by atoms with Gasteiger partial charge < -0.3 is 29.3 Å². The van der Waals surface area contributed by atoms with Crippen molar-refractivity contribution in [2.45, 2.75) is 0 Å². The molecule has 0 aromatic heterocycles. The van der Waals surface area contributed by atoms with Gasteiger partial charge in [-0.05, 0) is 35.4 Å². The molecule has 0 N–H and O–H groups in total. The average molecular weight is 488 g/mol. The minimum Gasteiger partial charge on any atom is -0.548 e. The van der Waals surface area contributed by atoms with Gasteiger partial charge in [0.05, 0.1) is 39.2 Å². The van der Waals surface area contributed by atoms with Gasteiger partial charge in [0.25, 0.3) is 0 Å². The van der Waals surface area contributed by atoms with Crippen molar-refractivity contribution >= 4 is 23.3 Å². The molecule has 0 amide bonds. The molecule has 0 aliphatic rings. The van der Waals surface area contributed by atoms with E-state index >= 15 is 0 Å². The Bertz CT molecular complexity index is 955. The van der Waals surface area contributed by atoms with Crippen molar-refractivity contribution in [3.63, 3.8) is 0 Å². The maximum Gasteiger partial charge on any atom is 1.00 e. The fourth-order valence-electron chi connectivity index (χ4n) is 2.57. The molecule has 0 saturated carbocycles. The smallest absolute Gasteiger partial charge is 0.548 e. The van der Waals surface area contributed by atoms with Crippen LogP contribution in [-0.2, 0) is 9.59 Å². The summed E-state index contributed by atoms with van der Waals surface area (Å²) in [5.74, 6) is -1.67. The number of nitrogens with zero attached hydrogens (tertiary/aromatic N) is 6. The zero-order valence-electron chi connectivity index (χ0n) is 20.0. The molecule has 0 aliphatic heterocycles. The van der Waals surface area contributed by atoms with Crippen molar-refractivity contribution in [1.82, 2.24) is 10.0 Å². The maximum absolute atomic E-state index is 10.6. The summed E-state index contributed by atoms with van der Waals surface area (Å²) in [6.45, 7) is -0.785. The summed E-state index contributed by atoms with van der Waals surface area (Å²) >= 11 is 0. The minimum absolute atomic E-state index is 0. The third-order valence-corrected chi connectivity index (χ3v) is 4.02.